The minimum Gasteiger partial charge on any atom is -0.324 e. The number of rotatable bonds is 4. The van der Waals surface area contributed by atoms with E-state index in [1.165, 1.54) is 22.8 Å². The highest BCUT2D eigenvalue weighted by Gasteiger charge is 2.09. The Labute approximate surface area is 152 Å². The van der Waals surface area contributed by atoms with E-state index in [0.29, 0.717) is 21.4 Å². The van der Waals surface area contributed by atoms with Crippen molar-refractivity contribution in [3.8, 4) is 5.69 Å². The second-order valence-electron chi connectivity index (χ2n) is 5.42. The first-order valence-corrected chi connectivity index (χ1v) is 8.34. The molecule has 1 heterocycles. The third kappa shape index (κ3) is 4.22. The van der Waals surface area contributed by atoms with E-state index in [1.54, 1.807) is 18.3 Å². The van der Waals surface area contributed by atoms with E-state index in [2.05, 4.69) is 21.2 Å². The fraction of sp³-hybridized carbons (Fsp3) is 0.0526. The van der Waals surface area contributed by atoms with Crippen molar-refractivity contribution in [1.29, 1.82) is 0 Å². The number of anilines is 1. The van der Waals surface area contributed by atoms with Crippen LogP contribution in [0.15, 0.2) is 76.1 Å². The fourth-order valence-electron chi connectivity index (χ4n) is 2.39. The summed E-state index contributed by atoms with van der Waals surface area (Å²) in [4.78, 5) is 24.3. The van der Waals surface area contributed by atoms with Crippen LogP contribution in [0.1, 0.15) is 5.56 Å². The van der Waals surface area contributed by atoms with Crippen LogP contribution in [0, 0.1) is 5.82 Å². The van der Waals surface area contributed by atoms with Crippen molar-refractivity contribution in [3.63, 3.8) is 0 Å². The number of nitrogens with one attached hydrogen (secondary N) is 1. The van der Waals surface area contributed by atoms with Gasteiger partial charge in [0.1, 0.15) is 5.82 Å². The lowest BCUT2D eigenvalue weighted by molar-refractivity contribution is -0.115. The predicted octanol–water partition coefficient (Wildman–Crippen LogP) is 3.92. The lowest BCUT2D eigenvalue weighted by Crippen LogP contribution is -2.20. The largest absolute Gasteiger partial charge is 0.324 e. The molecule has 0 saturated heterocycles. The molecule has 1 aromatic heterocycles. The first-order chi connectivity index (χ1) is 12.0. The van der Waals surface area contributed by atoms with Crippen molar-refractivity contribution in [2.45, 2.75) is 6.42 Å². The summed E-state index contributed by atoms with van der Waals surface area (Å²) >= 11 is 3.25. The van der Waals surface area contributed by atoms with Crippen molar-refractivity contribution in [1.82, 2.24) is 4.57 Å². The number of para-hydroxylation sites is 1. The van der Waals surface area contributed by atoms with E-state index in [-0.39, 0.29) is 23.7 Å². The molecule has 0 unspecified atom stereocenters. The average Bonchev–Trinajstić information content (AvgIpc) is 2.60. The molecule has 126 valence electrons. The van der Waals surface area contributed by atoms with E-state index >= 15 is 0 Å². The van der Waals surface area contributed by atoms with Gasteiger partial charge in [0.25, 0.3) is 5.56 Å². The Balaban J connectivity index is 1.79. The van der Waals surface area contributed by atoms with Crippen LogP contribution in [0.2, 0.25) is 0 Å². The highest BCUT2D eigenvalue weighted by molar-refractivity contribution is 9.10. The molecule has 0 saturated carbocycles. The molecule has 0 aliphatic heterocycles. The van der Waals surface area contributed by atoms with E-state index in [1.807, 2.05) is 30.3 Å². The molecule has 0 radical (unpaired) electrons. The Hall–Kier alpha value is -2.73. The maximum atomic E-state index is 13.1. The normalized spacial score (nSPS) is 10.5. The minimum absolute atomic E-state index is 0.0886. The quantitative estimate of drug-likeness (QED) is 0.721. The van der Waals surface area contributed by atoms with Crippen LogP contribution >= 0.6 is 15.9 Å². The highest BCUT2D eigenvalue weighted by atomic mass is 79.9. The summed E-state index contributed by atoms with van der Waals surface area (Å²) in [6.07, 6.45) is 1.67. The smallest absolute Gasteiger partial charge is 0.255 e. The molecule has 0 spiro atoms. The van der Waals surface area contributed by atoms with Gasteiger partial charge in [-0.05, 0) is 35.9 Å². The number of benzene rings is 2. The third-order valence-electron chi connectivity index (χ3n) is 3.60. The maximum absolute atomic E-state index is 13.1. The van der Waals surface area contributed by atoms with Crippen molar-refractivity contribution in [2.24, 2.45) is 0 Å². The molecule has 3 rings (SSSR count). The van der Waals surface area contributed by atoms with Gasteiger partial charge >= 0.3 is 0 Å². The number of pyridine rings is 1. The Kier molecular flexibility index (Phi) is 5.09. The summed E-state index contributed by atoms with van der Waals surface area (Å²) in [7, 11) is 0. The number of nitrogens with zero attached hydrogens (tertiary/aromatic N) is 1. The fourth-order valence-corrected chi connectivity index (χ4v) is 2.89. The zero-order chi connectivity index (χ0) is 17.8. The summed E-state index contributed by atoms with van der Waals surface area (Å²) < 4.78 is 15.1. The molecule has 1 N–H and O–H groups in total. The van der Waals surface area contributed by atoms with E-state index in [0.717, 1.165) is 0 Å². The monoisotopic (exact) mass is 400 g/mol. The van der Waals surface area contributed by atoms with E-state index in [9.17, 15) is 14.0 Å². The molecule has 1 amide bonds. The number of carbonyl (C=O) groups excluding carboxylic acids is 1. The average molecular weight is 401 g/mol. The standard InChI is InChI=1S/C19H14BrFN2O2/c20-17-11-14(21)7-6-13(17)10-18(24)22-15-8-9-19(25)23(12-15)16-4-2-1-3-5-16/h1-9,11-12H,10H2,(H,22,24). The van der Waals surface area contributed by atoms with Gasteiger partial charge in [-0.2, -0.15) is 0 Å². The Bertz CT molecular complexity index is 971. The SMILES string of the molecule is O=C(Cc1ccc(F)cc1Br)Nc1ccc(=O)n(-c2ccccc2)c1. The maximum Gasteiger partial charge on any atom is 0.255 e. The number of carbonyl (C=O) groups is 1. The molecular formula is C19H14BrFN2O2. The van der Waals surface area contributed by atoms with Gasteiger partial charge in [0, 0.05) is 22.4 Å². The van der Waals surface area contributed by atoms with Crippen LogP contribution in [0.5, 0.6) is 0 Å². The van der Waals surface area contributed by atoms with Crippen LogP contribution in [0.25, 0.3) is 5.69 Å². The van der Waals surface area contributed by atoms with Crippen LogP contribution in [0.3, 0.4) is 0 Å². The van der Waals surface area contributed by atoms with Crippen molar-refractivity contribution >= 4 is 27.5 Å². The minimum atomic E-state index is -0.369. The predicted molar refractivity (Wildman–Crippen MR) is 98.5 cm³/mol. The number of halogens is 2. The van der Waals surface area contributed by atoms with Crippen LogP contribution in [0.4, 0.5) is 10.1 Å². The van der Waals surface area contributed by atoms with E-state index < -0.39 is 0 Å². The van der Waals surface area contributed by atoms with Gasteiger partial charge in [-0.25, -0.2) is 4.39 Å². The third-order valence-corrected chi connectivity index (χ3v) is 4.33. The molecule has 0 aliphatic rings. The van der Waals surface area contributed by atoms with Crippen molar-refractivity contribution < 1.29 is 9.18 Å². The molecule has 0 aliphatic carbocycles. The van der Waals surface area contributed by atoms with Gasteiger partial charge < -0.3 is 5.32 Å². The molecule has 0 atom stereocenters. The highest BCUT2D eigenvalue weighted by Crippen LogP contribution is 2.19. The Morgan fingerprint density at radius 3 is 2.56 bits per heavy atom. The summed E-state index contributed by atoms with van der Waals surface area (Å²) in [5.74, 6) is -0.628. The molecule has 0 bridgehead atoms. The number of hydrogen-bond acceptors (Lipinski definition) is 2. The number of amides is 1. The Morgan fingerprint density at radius 2 is 1.84 bits per heavy atom. The lowest BCUT2D eigenvalue weighted by Gasteiger charge is -2.10. The molecule has 4 nitrogen and oxygen atoms in total. The van der Waals surface area contributed by atoms with E-state index in [4.69, 9.17) is 0 Å². The molecule has 0 fully saturated rings. The molecule has 25 heavy (non-hydrogen) atoms. The van der Waals surface area contributed by atoms with Crippen LogP contribution in [-0.4, -0.2) is 10.5 Å². The first kappa shape index (κ1) is 17.1. The second-order valence-corrected chi connectivity index (χ2v) is 6.28. The molecule has 2 aromatic carbocycles. The molecule has 3 aromatic rings. The van der Waals surface area contributed by atoms with Crippen LogP contribution in [-0.2, 0) is 11.2 Å². The van der Waals surface area contributed by atoms with Gasteiger partial charge in [0.15, 0.2) is 0 Å². The number of aromatic nitrogens is 1. The number of hydrogen-bond donors (Lipinski definition) is 1. The van der Waals surface area contributed by atoms with Crippen molar-refractivity contribution in [2.75, 3.05) is 5.32 Å². The van der Waals surface area contributed by atoms with Gasteiger partial charge in [0.05, 0.1) is 12.1 Å². The summed E-state index contributed by atoms with van der Waals surface area (Å²) in [5.41, 5.74) is 1.71. The summed E-state index contributed by atoms with van der Waals surface area (Å²) in [6, 6.07) is 16.3. The topological polar surface area (TPSA) is 51.1 Å². The zero-order valence-electron chi connectivity index (χ0n) is 13.1. The van der Waals surface area contributed by atoms with Gasteiger partial charge in [-0.1, -0.05) is 40.2 Å². The second kappa shape index (κ2) is 7.44. The van der Waals surface area contributed by atoms with Gasteiger partial charge in [-0.3, -0.25) is 14.2 Å². The van der Waals surface area contributed by atoms with Gasteiger partial charge in [-0.15, -0.1) is 0 Å². The summed E-state index contributed by atoms with van der Waals surface area (Å²) in [6.45, 7) is 0. The van der Waals surface area contributed by atoms with Crippen LogP contribution < -0.4 is 10.9 Å². The van der Waals surface area contributed by atoms with Crippen molar-refractivity contribution in [3.05, 3.63) is 93.1 Å². The lowest BCUT2D eigenvalue weighted by atomic mass is 10.1. The molecular weight excluding hydrogens is 387 g/mol. The Morgan fingerprint density at radius 1 is 1.08 bits per heavy atom. The summed E-state index contributed by atoms with van der Waals surface area (Å²) in [5, 5.41) is 2.76. The first-order valence-electron chi connectivity index (χ1n) is 7.55. The zero-order valence-corrected chi connectivity index (χ0v) is 14.7. The van der Waals surface area contributed by atoms with Gasteiger partial charge in [0.2, 0.25) is 5.91 Å². The molecule has 6 heteroatoms.